The minimum absolute atomic E-state index is 0.378. The SMILES string of the molecule is CC(CNCC1CN(C)CCO1)CN1CCCC1. The topological polar surface area (TPSA) is 27.7 Å². The van der Waals surface area contributed by atoms with Crippen LogP contribution in [0.4, 0.5) is 0 Å². The summed E-state index contributed by atoms with van der Waals surface area (Å²) in [6.07, 6.45) is 3.16. The minimum Gasteiger partial charge on any atom is -0.374 e. The number of likely N-dealkylation sites (tertiary alicyclic amines) is 1. The van der Waals surface area contributed by atoms with Gasteiger partial charge in [0.1, 0.15) is 0 Å². The van der Waals surface area contributed by atoms with Crippen molar-refractivity contribution in [3.63, 3.8) is 0 Å². The van der Waals surface area contributed by atoms with E-state index in [-0.39, 0.29) is 0 Å². The molecule has 2 aliphatic heterocycles. The molecule has 2 fully saturated rings. The Morgan fingerprint density at radius 1 is 1.28 bits per heavy atom. The molecule has 0 saturated carbocycles. The highest BCUT2D eigenvalue weighted by molar-refractivity contribution is 4.73. The smallest absolute Gasteiger partial charge is 0.0826 e. The minimum atomic E-state index is 0.378. The van der Waals surface area contributed by atoms with Gasteiger partial charge in [-0.1, -0.05) is 6.92 Å². The van der Waals surface area contributed by atoms with Crippen LogP contribution in [0, 0.1) is 5.92 Å². The summed E-state index contributed by atoms with van der Waals surface area (Å²) in [6, 6.07) is 0. The van der Waals surface area contributed by atoms with E-state index in [2.05, 4.69) is 29.1 Å². The third kappa shape index (κ3) is 4.84. The molecule has 1 N–H and O–H groups in total. The predicted molar refractivity (Wildman–Crippen MR) is 74.9 cm³/mol. The maximum absolute atomic E-state index is 5.75. The van der Waals surface area contributed by atoms with E-state index in [0.717, 1.165) is 38.7 Å². The van der Waals surface area contributed by atoms with Crippen LogP contribution in [-0.4, -0.2) is 75.4 Å². The number of hydrogen-bond acceptors (Lipinski definition) is 4. The van der Waals surface area contributed by atoms with Gasteiger partial charge in [-0.05, 0) is 45.4 Å². The molecule has 0 aromatic heterocycles. The standard InChI is InChI=1S/C14H29N3O/c1-13(11-17-5-3-4-6-17)9-15-10-14-12-16(2)7-8-18-14/h13-15H,3-12H2,1-2H3. The van der Waals surface area contributed by atoms with Crippen LogP contribution < -0.4 is 5.32 Å². The maximum Gasteiger partial charge on any atom is 0.0826 e. The number of rotatable bonds is 6. The monoisotopic (exact) mass is 255 g/mol. The van der Waals surface area contributed by atoms with E-state index in [4.69, 9.17) is 4.74 Å². The van der Waals surface area contributed by atoms with Gasteiger partial charge in [0.15, 0.2) is 0 Å². The van der Waals surface area contributed by atoms with Crippen molar-refractivity contribution in [1.82, 2.24) is 15.1 Å². The molecule has 2 saturated heterocycles. The summed E-state index contributed by atoms with van der Waals surface area (Å²) in [5, 5.41) is 3.57. The highest BCUT2D eigenvalue weighted by atomic mass is 16.5. The van der Waals surface area contributed by atoms with Crippen LogP contribution in [-0.2, 0) is 4.74 Å². The van der Waals surface area contributed by atoms with E-state index in [1.54, 1.807) is 0 Å². The van der Waals surface area contributed by atoms with E-state index in [0.29, 0.717) is 6.10 Å². The van der Waals surface area contributed by atoms with Gasteiger partial charge in [0.25, 0.3) is 0 Å². The highest BCUT2D eigenvalue weighted by Crippen LogP contribution is 2.09. The number of likely N-dealkylation sites (N-methyl/N-ethyl adjacent to an activating group) is 1. The molecule has 0 radical (unpaired) electrons. The van der Waals surface area contributed by atoms with Crippen molar-refractivity contribution in [3.8, 4) is 0 Å². The van der Waals surface area contributed by atoms with Gasteiger partial charge in [-0.15, -0.1) is 0 Å². The van der Waals surface area contributed by atoms with Crippen molar-refractivity contribution < 1.29 is 4.74 Å². The zero-order valence-electron chi connectivity index (χ0n) is 12.0. The molecule has 0 amide bonds. The summed E-state index contributed by atoms with van der Waals surface area (Å²) in [7, 11) is 2.17. The van der Waals surface area contributed by atoms with Crippen LogP contribution in [0.3, 0.4) is 0 Å². The van der Waals surface area contributed by atoms with Crippen LogP contribution >= 0.6 is 0 Å². The van der Waals surface area contributed by atoms with Gasteiger partial charge in [0, 0.05) is 26.2 Å². The molecule has 4 heteroatoms. The second-order valence-electron chi connectivity index (χ2n) is 6.03. The van der Waals surface area contributed by atoms with E-state index in [1.165, 1.54) is 32.5 Å². The van der Waals surface area contributed by atoms with Crippen LogP contribution in [0.15, 0.2) is 0 Å². The molecule has 0 spiro atoms. The molecule has 0 aliphatic carbocycles. The zero-order valence-corrected chi connectivity index (χ0v) is 12.0. The Morgan fingerprint density at radius 3 is 2.78 bits per heavy atom. The Morgan fingerprint density at radius 2 is 2.06 bits per heavy atom. The Kier molecular flexibility index (Phi) is 5.89. The lowest BCUT2D eigenvalue weighted by Gasteiger charge is -2.30. The number of ether oxygens (including phenoxy) is 1. The van der Waals surface area contributed by atoms with Crippen molar-refractivity contribution in [1.29, 1.82) is 0 Å². The van der Waals surface area contributed by atoms with Crippen molar-refractivity contribution in [2.24, 2.45) is 5.92 Å². The molecule has 2 atom stereocenters. The first-order valence-corrected chi connectivity index (χ1v) is 7.47. The van der Waals surface area contributed by atoms with E-state index < -0.39 is 0 Å². The fourth-order valence-electron chi connectivity index (χ4n) is 2.95. The Labute approximate surface area is 112 Å². The van der Waals surface area contributed by atoms with Gasteiger partial charge in [0.2, 0.25) is 0 Å². The van der Waals surface area contributed by atoms with Gasteiger partial charge in [-0.2, -0.15) is 0 Å². The maximum atomic E-state index is 5.75. The Hall–Kier alpha value is -0.160. The zero-order chi connectivity index (χ0) is 12.8. The summed E-state index contributed by atoms with van der Waals surface area (Å²) in [5.74, 6) is 0.740. The van der Waals surface area contributed by atoms with Gasteiger partial charge >= 0.3 is 0 Å². The average Bonchev–Trinajstić information content (AvgIpc) is 2.82. The molecule has 106 valence electrons. The van der Waals surface area contributed by atoms with Gasteiger partial charge < -0.3 is 19.9 Å². The predicted octanol–water partition coefficient (Wildman–Crippen LogP) is 0.639. The van der Waals surface area contributed by atoms with E-state index >= 15 is 0 Å². The van der Waals surface area contributed by atoms with Crippen LogP contribution in [0.1, 0.15) is 19.8 Å². The molecule has 0 bridgehead atoms. The van der Waals surface area contributed by atoms with Gasteiger partial charge in [-0.3, -0.25) is 0 Å². The van der Waals surface area contributed by atoms with E-state index in [9.17, 15) is 0 Å². The molecule has 2 unspecified atom stereocenters. The van der Waals surface area contributed by atoms with Gasteiger partial charge in [0.05, 0.1) is 12.7 Å². The molecule has 2 rings (SSSR count). The average molecular weight is 255 g/mol. The first-order valence-electron chi connectivity index (χ1n) is 7.47. The molecule has 4 nitrogen and oxygen atoms in total. The van der Waals surface area contributed by atoms with Crippen LogP contribution in [0.2, 0.25) is 0 Å². The second-order valence-corrected chi connectivity index (χ2v) is 6.03. The number of nitrogens with zero attached hydrogens (tertiary/aromatic N) is 2. The quantitative estimate of drug-likeness (QED) is 0.754. The molecule has 0 aromatic rings. The lowest BCUT2D eigenvalue weighted by atomic mass is 10.1. The van der Waals surface area contributed by atoms with Crippen molar-refractivity contribution in [2.45, 2.75) is 25.9 Å². The summed E-state index contributed by atoms with van der Waals surface area (Å²) < 4.78 is 5.75. The van der Waals surface area contributed by atoms with Crippen molar-refractivity contribution in [2.75, 3.05) is 59.5 Å². The van der Waals surface area contributed by atoms with E-state index in [1.807, 2.05) is 0 Å². The van der Waals surface area contributed by atoms with Crippen LogP contribution in [0.25, 0.3) is 0 Å². The Bertz CT molecular complexity index is 231. The molecular weight excluding hydrogens is 226 g/mol. The number of nitrogens with one attached hydrogen (secondary N) is 1. The fourth-order valence-corrected chi connectivity index (χ4v) is 2.95. The Balaban J connectivity index is 1.53. The molecule has 18 heavy (non-hydrogen) atoms. The molecule has 0 aromatic carbocycles. The number of morpholine rings is 1. The fraction of sp³-hybridized carbons (Fsp3) is 1.00. The normalized spacial score (nSPS) is 28.7. The lowest BCUT2D eigenvalue weighted by molar-refractivity contribution is -0.0184. The van der Waals surface area contributed by atoms with Gasteiger partial charge in [-0.25, -0.2) is 0 Å². The van der Waals surface area contributed by atoms with Crippen molar-refractivity contribution in [3.05, 3.63) is 0 Å². The van der Waals surface area contributed by atoms with Crippen molar-refractivity contribution >= 4 is 0 Å². The first kappa shape index (κ1) is 14.3. The highest BCUT2D eigenvalue weighted by Gasteiger charge is 2.18. The summed E-state index contributed by atoms with van der Waals surface area (Å²) in [6.45, 7) is 11.3. The second kappa shape index (κ2) is 7.43. The third-order valence-corrected chi connectivity index (χ3v) is 3.98. The summed E-state index contributed by atoms with van der Waals surface area (Å²) in [4.78, 5) is 4.95. The third-order valence-electron chi connectivity index (χ3n) is 3.98. The molecule has 2 heterocycles. The summed E-state index contributed by atoms with van der Waals surface area (Å²) in [5.41, 5.74) is 0. The lowest BCUT2D eigenvalue weighted by Crippen LogP contribution is -2.45. The number of hydrogen-bond donors (Lipinski definition) is 1. The first-order chi connectivity index (χ1) is 8.74. The molecule has 2 aliphatic rings. The largest absolute Gasteiger partial charge is 0.374 e. The van der Waals surface area contributed by atoms with Crippen LogP contribution in [0.5, 0.6) is 0 Å². The molecular formula is C14H29N3O. The summed E-state index contributed by atoms with van der Waals surface area (Å²) >= 11 is 0.